The quantitative estimate of drug-likeness (QED) is 0.755. The molecule has 1 aromatic rings. The predicted molar refractivity (Wildman–Crippen MR) is 80.1 cm³/mol. The Labute approximate surface area is 121 Å². The Kier molecular flexibility index (Phi) is 7.87. The lowest BCUT2D eigenvalue weighted by atomic mass is 9.99. The number of hydrogen-bond donors (Lipinski definition) is 1. The van der Waals surface area contributed by atoms with E-state index < -0.39 is 0 Å². The second kappa shape index (κ2) is 9.18. The topological polar surface area (TPSA) is 30.5 Å². The molecule has 0 bridgehead atoms. The Bertz CT molecular complexity index is 343. The number of rotatable bonds is 9. The summed E-state index contributed by atoms with van der Waals surface area (Å²) >= 11 is 5.85. The molecule has 0 fully saturated rings. The number of benzene rings is 1. The second-order valence-corrected chi connectivity index (χ2v) is 5.12. The second-order valence-electron chi connectivity index (χ2n) is 4.69. The number of likely N-dealkylation sites (N-methyl/N-ethyl adjacent to an activating group) is 1. The maximum atomic E-state index is 5.85. The van der Waals surface area contributed by atoms with Crippen molar-refractivity contribution in [3.63, 3.8) is 0 Å². The van der Waals surface area contributed by atoms with Crippen molar-refractivity contribution in [1.82, 2.24) is 5.32 Å². The lowest BCUT2D eigenvalue weighted by molar-refractivity contribution is 0.155. The fraction of sp³-hybridized carbons (Fsp3) is 0.600. The fourth-order valence-electron chi connectivity index (χ4n) is 1.91. The summed E-state index contributed by atoms with van der Waals surface area (Å²) in [5, 5.41) is 4.19. The molecule has 0 aliphatic heterocycles. The zero-order valence-corrected chi connectivity index (χ0v) is 12.7. The van der Waals surface area contributed by atoms with Crippen LogP contribution in [0.5, 0.6) is 5.75 Å². The minimum atomic E-state index is 0.329. The highest BCUT2D eigenvalue weighted by molar-refractivity contribution is 6.30. The molecule has 3 nitrogen and oxygen atoms in total. The van der Waals surface area contributed by atoms with Gasteiger partial charge in [0.1, 0.15) is 12.4 Å². The average Bonchev–Trinajstić information content (AvgIpc) is 2.42. The van der Waals surface area contributed by atoms with Crippen LogP contribution in [0.25, 0.3) is 0 Å². The summed E-state index contributed by atoms with van der Waals surface area (Å²) in [5.74, 6) is 1.36. The first-order valence-electron chi connectivity index (χ1n) is 6.78. The van der Waals surface area contributed by atoms with E-state index in [0.717, 1.165) is 30.3 Å². The molecule has 108 valence electrons. The minimum absolute atomic E-state index is 0.329. The van der Waals surface area contributed by atoms with E-state index in [4.69, 9.17) is 21.1 Å². The van der Waals surface area contributed by atoms with Gasteiger partial charge < -0.3 is 14.8 Å². The summed E-state index contributed by atoms with van der Waals surface area (Å²) in [6, 6.07) is 7.80. The summed E-state index contributed by atoms with van der Waals surface area (Å²) in [6.45, 7) is 6.70. The molecule has 19 heavy (non-hydrogen) atoms. The van der Waals surface area contributed by atoms with Gasteiger partial charge in [-0.25, -0.2) is 0 Å². The maximum absolute atomic E-state index is 5.85. The average molecular weight is 286 g/mol. The van der Waals surface area contributed by atoms with Crippen LogP contribution in [0.4, 0.5) is 0 Å². The summed E-state index contributed by atoms with van der Waals surface area (Å²) in [5.41, 5.74) is 0. The van der Waals surface area contributed by atoms with Gasteiger partial charge >= 0.3 is 0 Å². The van der Waals surface area contributed by atoms with Crippen molar-refractivity contribution in [2.75, 3.05) is 26.9 Å². The van der Waals surface area contributed by atoms with Crippen LogP contribution in [-0.4, -0.2) is 32.9 Å². The zero-order chi connectivity index (χ0) is 14.1. The first kappa shape index (κ1) is 16.3. The first-order chi connectivity index (χ1) is 9.17. The van der Waals surface area contributed by atoms with E-state index >= 15 is 0 Å². The van der Waals surface area contributed by atoms with Gasteiger partial charge in [0.2, 0.25) is 0 Å². The molecule has 0 aromatic heterocycles. The Morgan fingerprint density at radius 3 is 2.53 bits per heavy atom. The van der Waals surface area contributed by atoms with Gasteiger partial charge in [-0.15, -0.1) is 0 Å². The van der Waals surface area contributed by atoms with Gasteiger partial charge in [-0.3, -0.25) is 0 Å². The highest BCUT2D eigenvalue weighted by atomic mass is 35.5. The Morgan fingerprint density at radius 1 is 1.26 bits per heavy atom. The van der Waals surface area contributed by atoms with Crippen molar-refractivity contribution >= 4 is 11.6 Å². The summed E-state index contributed by atoms with van der Waals surface area (Å²) < 4.78 is 10.9. The van der Waals surface area contributed by atoms with Crippen LogP contribution >= 0.6 is 11.6 Å². The summed E-state index contributed by atoms with van der Waals surface area (Å²) in [4.78, 5) is 0. The van der Waals surface area contributed by atoms with Crippen LogP contribution in [0, 0.1) is 5.92 Å². The van der Waals surface area contributed by atoms with Gasteiger partial charge in [0, 0.05) is 24.8 Å². The number of hydrogen-bond acceptors (Lipinski definition) is 3. The third-order valence-corrected chi connectivity index (χ3v) is 3.43. The Hall–Kier alpha value is -0.770. The fourth-order valence-corrected chi connectivity index (χ4v) is 2.03. The molecule has 0 saturated heterocycles. The summed E-state index contributed by atoms with van der Waals surface area (Å²) in [7, 11) is 1.74. The van der Waals surface area contributed by atoms with Crippen LogP contribution in [0.1, 0.15) is 20.3 Å². The molecule has 1 N–H and O–H groups in total. The van der Waals surface area contributed by atoms with Gasteiger partial charge in [0.15, 0.2) is 0 Å². The van der Waals surface area contributed by atoms with Crippen LogP contribution in [-0.2, 0) is 4.74 Å². The molecule has 1 aromatic carbocycles. The van der Waals surface area contributed by atoms with E-state index in [0.29, 0.717) is 18.6 Å². The van der Waals surface area contributed by atoms with Crippen molar-refractivity contribution in [3.05, 3.63) is 29.3 Å². The largest absolute Gasteiger partial charge is 0.492 e. The lowest BCUT2D eigenvalue weighted by Crippen LogP contribution is -2.40. The van der Waals surface area contributed by atoms with Crippen LogP contribution in [0.2, 0.25) is 5.02 Å². The molecule has 4 heteroatoms. The van der Waals surface area contributed by atoms with Crippen molar-refractivity contribution < 1.29 is 9.47 Å². The number of halogens is 1. The minimum Gasteiger partial charge on any atom is -0.492 e. The monoisotopic (exact) mass is 285 g/mol. The summed E-state index contributed by atoms with van der Waals surface area (Å²) in [6.07, 6.45) is 1.03. The molecule has 0 amide bonds. The molecule has 2 unspecified atom stereocenters. The van der Waals surface area contributed by atoms with E-state index in [1.165, 1.54) is 0 Å². The van der Waals surface area contributed by atoms with Crippen molar-refractivity contribution in [2.24, 2.45) is 5.92 Å². The SMILES string of the molecule is CCNC(COc1ccc(Cl)cc1)C(C)CCOC. The van der Waals surface area contributed by atoms with Gasteiger partial charge in [0.05, 0.1) is 0 Å². The molecule has 0 aliphatic rings. The standard InChI is InChI=1S/C15H24ClNO2/c1-4-17-15(12(2)9-10-18-3)11-19-14-7-5-13(16)6-8-14/h5-8,12,15,17H,4,9-11H2,1-3H3. The number of methoxy groups -OCH3 is 1. The smallest absolute Gasteiger partial charge is 0.119 e. The van der Waals surface area contributed by atoms with Gasteiger partial charge in [-0.2, -0.15) is 0 Å². The van der Waals surface area contributed by atoms with E-state index in [1.54, 1.807) is 7.11 Å². The molecule has 0 radical (unpaired) electrons. The Balaban J connectivity index is 2.46. The van der Waals surface area contributed by atoms with Crippen molar-refractivity contribution in [2.45, 2.75) is 26.3 Å². The molecule has 0 spiro atoms. The highest BCUT2D eigenvalue weighted by Crippen LogP contribution is 2.17. The van der Waals surface area contributed by atoms with Gasteiger partial charge in [0.25, 0.3) is 0 Å². The highest BCUT2D eigenvalue weighted by Gasteiger charge is 2.16. The van der Waals surface area contributed by atoms with Crippen molar-refractivity contribution in [3.8, 4) is 5.75 Å². The van der Waals surface area contributed by atoms with Gasteiger partial charge in [-0.1, -0.05) is 25.4 Å². The third-order valence-electron chi connectivity index (χ3n) is 3.17. The van der Waals surface area contributed by atoms with Crippen LogP contribution < -0.4 is 10.1 Å². The molecular formula is C15H24ClNO2. The third kappa shape index (κ3) is 6.28. The molecule has 0 heterocycles. The lowest BCUT2D eigenvalue weighted by Gasteiger charge is -2.24. The predicted octanol–water partition coefficient (Wildman–Crippen LogP) is 3.37. The van der Waals surface area contributed by atoms with E-state index in [2.05, 4.69) is 19.2 Å². The first-order valence-corrected chi connectivity index (χ1v) is 7.15. The number of nitrogens with one attached hydrogen (secondary N) is 1. The molecule has 0 aliphatic carbocycles. The van der Waals surface area contributed by atoms with Crippen molar-refractivity contribution in [1.29, 1.82) is 0 Å². The number of ether oxygens (including phenoxy) is 2. The van der Waals surface area contributed by atoms with Crippen LogP contribution in [0.15, 0.2) is 24.3 Å². The van der Waals surface area contributed by atoms with Crippen LogP contribution in [0.3, 0.4) is 0 Å². The maximum Gasteiger partial charge on any atom is 0.119 e. The van der Waals surface area contributed by atoms with E-state index in [9.17, 15) is 0 Å². The zero-order valence-electron chi connectivity index (χ0n) is 12.0. The molecule has 0 saturated carbocycles. The molecule has 2 atom stereocenters. The normalized spacial score (nSPS) is 14.1. The molecule has 1 rings (SSSR count). The van der Waals surface area contributed by atoms with Gasteiger partial charge in [-0.05, 0) is 43.1 Å². The van der Waals surface area contributed by atoms with E-state index in [-0.39, 0.29) is 0 Å². The Morgan fingerprint density at radius 2 is 1.95 bits per heavy atom. The molecular weight excluding hydrogens is 262 g/mol. The van der Waals surface area contributed by atoms with E-state index in [1.807, 2.05) is 24.3 Å².